The topological polar surface area (TPSA) is 46.4 Å². The predicted molar refractivity (Wildman–Crippen MR) is 126 cm³/mol. The Morgan fingerprint density at radius 2 is 2.00 bits per heavy atom. The highest BCUT2D eigenvalue weighted by Crippen LogP contribution is 2.25. The zero-order chi connectivity index (χ0) is 20.8. The predicted octanol–water partition coefficient (Wildman–Crippen LogP) is 5.89. The number of halogens is 2. The summed E-state index contributed by atoms with van der Waals surface area (Å²) in [6, 6.07) is 17.8. The average molecular weight is 491 g/mol. The number of carbonyl (C=O) groups is 1. The number of rotatable bonds is 7. The third kappa shape index (κ3) is 5.75. The molecule has 1 N–H and O–H groups in total. The van der Waals surface area contributed by atoms with Crippen molar-refractivity contribution in [2.45, 2.75) is 19.6 Å². The quantitative estimate of drug-likeness (QED) is 0.331. The van der Waals surface area contributed by atoms with Gasteiger partial charge in [0.1, 0.15) is 0 Å². The summed E-state index contributed by atoms with van der Waals surface area (Å²) in [6.45, 7) is 4.03. The number of thioether (sulfide) groups is 1. The van der Waals surface area contributed by atoms with Crippen molar-refractivity contribution in [3.8, 4) is 5.69 Å². The number of aromatic nitrogens is 1. The van der Waals surface area contributed by atoms with Crippen molar-refractivity contribution in [2.24, 2.45) is 5.10 Å². The van der Waals surface area contributed by atoms with Gasteiger partial charge in [0, 0.05) is 27.2 Å². The summed E-state index contributed by atoms with van der Waals surface area (Å²) in [4.78, 5) is 12.0. The maximum atomic E-state index is 12.0. The van der Waals surface area contributed by atoms with Crippen LogP contribution in [-0.4, -0.2) is 22.4 Å². The molecular weight excluding hydrogens is 470 g/mol. The smallest absolute Gasteiger partial charge is 0.250 e. The molecule has 0 saturated carbocycles. The maximum absolute atomic E-state index is 12.0. The molecule has 0 fully saturated rings. The van der Waals surface area contributed by atoms with E-state index in [0.717, 1.165) is 32.9 Å². The van der Waals surface area contributed by atoms with E-state index in [-0.39, 0.29) is 5.91 Å². The van der Waals surface area contributed by atoms with E-state index in [1.807, 2.05) is 62.4 Å². The van der Waals surface area contributed by atoms with Crippen LogP contribution in [0.4, 0.5) is 0 Å². The normalized spacial score (nSPS) is 11.2. The summed E-state index contributed by atoms with van der Waals surface area (Å²) in [7, 11) is 0. The average Bonchev–Trinajstić information content (AvgIpc) is 2.96. The van der Waals surface area contributed by atoms with Crippen LogP contribution in [0.25, 0.3) is 5.69 Å². The molecule has 0 atom stereocenters. The third-order valence-corrected chi connectivity index (χ3v) is 6.16. The molecule has 1 amide bonds. The van der Waals surface area contributed by atoms with E-state index in [2.05, 4.69) is 37.1 Å². The second kappa shape index (κ2) is 10.1. The highest BCUT2D eigenvalue weighted by Gasteiger charge is 2.11. The van der Waals surface area contributed by atoms with Gasteiger partial charge in [-0.1, -0.05) is 51.8 Å². The third-order valence-electron chi connectivity index (χ3n) is 4.35. The zero-order valence-electron chi connectivity index (χ0n) is 16.2. The van der Waals surface area contributed by atoms with Crippen LogP contribution >= 0.6 is 39.3 Å². The van der Waals surface area contributed by atoms with E-state index >= 15 is 0 Å². The summed E-state index contributed by atoms with van der Waals surface area (Å²) < 4.78 is 3.12. The molecular formula is C22H21BrClN3OS. The summed E-state index contributed by atoms with van der Waals surface area (Å²) in [5.41, 5.74) is 7.70. The fourth-order valence-electron chi connectivity index (χ4n) is 3.02. The molecule has 3 rings (SSSR count). The molecule has 4 nitrogen and oxygen atoms in total. The van der Waals surface area contributed by atoms with Crippen LogP contribution in [0.5, 0.6) is 0 Å². The molecule has 29 heavy (non-hydrogen) atoms. The molecule has 2 aromatic carbocycles. The Bertz CT molecular complexity index is 1050. The van der Waals surface area contributed by atoms with Crippen molar-refractivity contribution in [3.05, 3.63) is 86.6 Å². The van der Waals surface area contributed by atoms with Crippen LogP contribution in [0.15, 0.2) is 64.2 Å². The number of hydrogen-bond acceptors (Lipinski definition) is 3. The highest BCUT2D eigenvalue weighted by atomic mass is 79.9. The van der Waals surface area contributed by atoms with Crippen molar-refractivity contribution in [1.82, 2.24) is 9.99 Å². The molecule has 0 aliphatic rings. The molecule has 0 saturated heterocycles. The monoisotopic (exact) mass is 489 g/mol. The molecule has 0 radical (unpaired) electrons. The van der Waals surface area contributed by atoms with Gasteiger partial charge in [0.05, 0.1) is 22.7 Å². The molecule has 150 valence electrons. The van der Waals surface area contributed by atoms with Crippen LogP contribution in [0.1, 0.15) is 22.5 Å². The Balaban J connectivity index is 1.57. The van der Waals surface area contributed by atoms with Crippen molar-refractivity contribution in [1.29, 1.82) is 0 Å². The Kier molecular flexibility index (Phi) is 7.58. The number of carbonyl (C=O) groups excluding carboxylic acids is 1. The Morgan fingerprint density at radius 3 is 2.76 bits per heavy atom. The van der Waals surface area contributed by atoms with Crippen molar-refractivity contribution >= 4 is 51.4 Å². The van der Waals surface area contributed by atoms with E-state index in [1.54, 1.807) is 18.0 Å². The Morgan fingerprint density at radius 1 is 1.21 bits per heavy atom. The van der Waals surface area contributed by atoms with Crippen molar-refractivity contribution in [2.75, 3.05) is 5.75 Å². The largest absolute Gasteiger partial charge is 0.316 e. The summed E-state index contributed by atoms with van der Waals surface area (Å²) in [6.07, 6.45) is 1.67. The van der Waals surface area contributed by atoms with Crippen molar-refractivity contribution < 1.29 is 4.79 Å². The van der Waals surface area contributed by atoms with Gasteiger partial charge in [0.25, 0.3) is 0 Å². The maximum Gasteiger partial charge on any atom is 0.250 e. The van der Waals surface area contributed by atoms with Crippen LogP contribution in [0.3, 0.4) is 0 Å². The van der Waals surface area contributed by atoms with Gasteiger partial charge in [-0.3, -0.25) is 4.79 Å². The van der Waals surface area contributed by atoms with Gasteiger partial charge >= 0.3 is 0 Å². The number of hydrogen-bond donors (Lipinski definition) is 1. The lowest BCUT2D eigenvalue weighted by Gasteiger charge is -2.11. The van der Waals surface area contributed by atoms with Gasteiger partial charge in [-0.2, -0.15) is 5.10 Å². The molecule has 0 aliphatic heterocycles. The molecule has 0 aliphatic carbocycles. The number of nitrogens with one attached hydrogen (secondary N) is 1. The Labute approximate surface area is 188 Å². The number of benzene rings is 2. The first-order chi connectivity index (χ1) is 14.0. The second-order valence-corrected chi connectivity index (χ2v) is 8.84. The van der Waals surface area contributed by atoms with Gasteiger partial charge in [-0.25, -0.2) is 5.43 Å². The minimum Gasteiger partial charge on any atom is -0.316 e. The standard InChI is InChI=1S/C22H21BrClN3OS/c1-15-10-18(16(2)27(15)21-9-4-3-8-20(21)24)12-25-26-22(28)14-29-13-17-6-5-7-19(23)11-17/h3-12H,13-14H2,1-2H3,(H,26,28)/b25-12-. The number of amides is 1. The summed E-state index contributed by atoms with van der Waals surface area (Å²) in [5, 5.41) is 4.81. The van der Waals surface area contributed by atoms with E-state index in [1.165, 1.54) is 5.56 Å². The van der Waals surface area contributed by atoms with Crippen LogP contribution in [0, 0.1) is 13.8 Å². The van der Waals surface area contributed by atoms with E-state index in [0.29, 0.717) is 10.8 Å². The van der Waals surface area contributed by atoms with E-state index < -0.39 is 0 Å². The number of aryl methyl sites for hydroxylation is 1. The lowest BCUT2D eigenvalue weighted by Crippen LogP contribution is -2.19. The lowest BCUT2D eigenvalue weighted by atomic mass is 10.2. The first-order valence-electron chi connectivity index (χ1n) is 9.03. The number of para-hydroxylation sites is 1. The van der Waals surface area contributed by atoms with E-state index in [4.69, 9.17) is 11.6 Å². The van der Waals surface area contributed by atoms with Crippen LogP contribution in [-0.2, 0) is 10.5 Å². The minimum absolute atomic E-state index is 0.124. The molecule has 1 aromatic heterocycles. The molecule has 0 bridgehead atoms. The molecule has 7 heteroatoms. The van der Waals surface area contributed by atoms with Crippen LogP contribution in [0.2, 0.25) is 5.02 Å². The SMILES string of the molecule is Cc1cc(/C=N\NC(=O)CSCc2cccc(Br)c2)c(C)n1-c1ccccc1Cl. The zero-order valence-corrected chi connectivity index (χ0v) is 19.3. The van der Waals surface area contributed by atoms with Gasteiger partial charge in [-0.05, 0) is 49.7 Å². The molecule has 0 spiro atoms. The first kappa shape index (κ1) is 21.7. The fraction of sp³-hybridized carbons (Fsp3) is 0.182. The second-order valence-electron chi connectivity index (χ2n) is 6.53. The van der Waals surface area contributed by atoms with Gasteiger partial charge in [0.2, 0.25) is 5.91 Å². The van der Waals surface area contributed by atoms with Gasteiger partial charge in [-0.15, -0.1) is 11.8 Å². The lowest BCUT2D eigenvalue weighted by molar-refractivity contribution is -0.118. The fourth-order valence-corrected chi connectivity index (χ4v) is 4.45. The molecule has 3 aromatic rings. The minimum atomic E-state index is -0.124. The highest BCUT2D eigenvalue weighted by molar-refractivity contribution is 9.10. The van der Waals surface area contributed by atoms with E-state index in [9.17, 15) is 4.79 Å². The van der Waals surface area contributed by atoms with Crippen molar-refractivity contribution in [3.63, 3.8) is 0 Å². The first-order valence-corrected chi connectivity index (χ1v) is 11.4. The van der Waals surface area contributed by atoms with Crippen LogP contribution < -0.4 is 5.43 Å². The number of nitrogens with zero attached hydrogens (tertiary/aromatic N) is 2. The summed E-state index contributed by atoms with van der Waals surface area (Å²) in [5.74, 6) is 0.999. The van der Waals surface area contributed by atoms with Gasteiger partial charge < -0.3 is 4.57 Å². The number of hydrazone groups is 1. The van der Waals surface area contributed by atoms with Gasteiger partial charge in [0.15, 0.2) is 0 Å². The molecule has 0 unspecified atom stereocenters. The Hall–Kier alpha value is -2.02. The summed E-state index contributed by atoms with van der Waals surface area (Å²) >= 11 is 11.3. The molecule has 1 heterocycles.